The first-order chi connectivity index (χ1) is 15.3. The van der Waals surface area contributed by atoms with Crippen molar-refractivity contribution < 1.29 is 36.0 Å². The number of methoxy groups -OCH3 is 2. The number of carbonyl (C=O) groups is 1. The van der Waals surface area contributed by atoms with Crippen LogP contribution in [0.25, 0.3) is 6.08 Å². The molecule has 9 heteroatoms. The van der Waals surface area contributed by atoms with Gasteiger partial charge < -0.3 is 18.4 Å². The molecule has 0 amide bonds. The fourth-order valence-electron chi connectivity index (χ4n) is 3.16. The van der Waals surface area contributed by atoms with Crippen LogP contribution in [-0.4, -0.2) is 28.4 Å². The Labute approximate surface area is 183 Å². The molecule has 0 fully saturated rings. The minimum Gasteiger partial charge on any atom is -0.493 e. The molecule has 32 heavy (non-hydrogen) atoms. The van der Waals surface area contributed by atoms with Crippen LogP contribution in [0.4, 0.5) is 4.39 Å². The minimum absolute atomic E-state index is 0.0325. The molecule has 3 aromatic rings. The first-order valence-corrected chi connectivity index (χ1v) is 10.7. The van der Waals surface area contributed by atoms with E-state index in [1.54, 1.807) is 18.2 Å². The number of allylic oxidation sites excluding steroid dienone is 1. The van der Waals surface area contributed by atoms with E-state index >= 15 is 0 Å². The van der Waals surface area contributed by atoms with Gasteiger partial charge in [-0.1, -0.05) is 12.1 Å². The van der Waals surface area contributed by atoms with Crippen molar-refractivity contribution in [3.63, 3.8) is 0 Å². The molecular weight excluding hydrogens is 439 g/mol. The highest BCUT2D eigenvalue weighted by molar-refractivity contribution is 7.87. The highest BCUT2D eigenvalue weighted by atomic mass is 32.2. The number of hydrogen-bond acceptors (Lipinski definition) is 7. The number of Topliss-reactive ketones (excluding diaryl/α,β-unsaturated/α-hetero) is 1. The second-order valence-electron chi connectivity index (χ2n) is 6.67. The lowest BCUT2D eigenvalue weighted by atomic mass is 10.1. The third-order valence-corrected chi connectivity index (χ3v) is 5.93. The zero-order valence-corrected chi connectivity index (χ0v) is 17.8. The summed E-state index contributed by atoms with van der Waals surface area (Å²) < 4.78 is 59.3. The molecule has 0 saturated heterocycles. The normalized spacial score (nSPS) is 14.1. The minimum atomic E-state index is -4.19. The molecule has 0 aromatic heterocycles. The maximum Gasteiger partial charge on any atom is 0.339 e. The van der Waals surface area contributed by atoms with E-state index < -0.39 is 15.9 Å². The molecule has 0 radical (unpaired) electrons. The summed E-state index contributed by atoms with van der Waals surface area (Å²) in [6, 6.07) is 13.5. The van der Waals surface area contributed by atoms with Crippen LogP contribution in [0.3, 0.4) is 0 Å². The summed E-state index contributed by atoms with van der Waals surface area (Å²) in [7, 11) is -1.21. The number of ether oxygens (including phenoxy) is 3. The Bertz CT molecular complexity index is 1330. The molecule has 0 saturated carbocycles. The third kappa shape index (κ3) is 4.02. The van der Waals surface area contributed by atoms with E-state index in [1.807, 2.05) is 0 Å². The fraction of sp³-hybridized carbons (Fsp3) is 0.0870. The van der Waals surface area contributed by atoms with Crippen LogP contribution in [0.5, 0.6) is 23.0 Å². The summed E-state index contributed by atoms with van der Waals surface area (Å²) in [5, 5.41) is 0. The first kappa shape index (κ1) is 21.4. The molecule has 1 heterocycles. The molecule has 1 aliphatic heterocycles. The van der Waals surface area contributed by atoms with Crippen molar-refractivity contribution in [1.82, 2.24) is 0 Å². The number of benzene rings is 3. The number of hydrogen-bond donors (Lipinski definition) is 0. The lowest BCUT2D eigenvalue weighted by Crippen LogP contribution is -2.09. The van der Waals surface area contributed by atoms with Crippen molar-refractivity contribution in [2.45, 2.75) is 4.90 Å². The van der Waals surface area contributed by atoms with Crippen LogP contribution in [0.2, 0.25) is 0 Å². The monoisotopic (exact) mass is 456 g/mol. The fourth-order valence-corrected chi connectivity index (χ4v) is 4.08. The summed E-state index contributed by atoms with van der Waals surface area (Å²) in [5.74, 6) is 0.107. The van der Waals surface area contributed by atoms with E-state index in [9.17, 15) is 17.6 Å². The highest BCUT2D eigenvalue weighted by Gasteiger charge is 2.29. The second kappa shape index (κ2) is 8.35. The smallest absolute Gasteiger partial charge is 0.339 e. The van der Waals surface area contributed by atoms with Gasteiger partial charge in [-0.25, -0.2) is 4.39 Å². The van der Waals surface area contributed by atoms with Gasteiger partial charge in [0.1, 0.15) is 22.2 Å². The molecule has 4 rings (SSSR count). The van der Waals surface area contributed by atoms with E-state index in [0.29, 0.717) is 17.1 Å². The Morgan fingerprint density at radius 3 is 2.41 bits per heavy atom. The summed E-state index contributed by atoms with van der Waals surface area (Å²) in [5.41, 5.74) is 0.822. The molecule has 7 nitrogen and oxygen atoms in total. The Hall–Kier alpha value is -3.85. The van der Waals surface area contributed by atoms with Crippen LogP contribution in [0, 0.1) is 5.82 Å². The highest BCUT2D eigenvalue weighted by Crippen LogP contribution is 2.38. The van der Waals surface area contributed by atoms with Crippen molar-refractivity contribution in [1.29, 1.82) is 0 Å². The standard InChI is InChI=1S/C23H17FO7S/c1-28-19-5-3-4-14(23(19)29-2)12-21-22(25)18-11-8-16(13-20(18)30-21)31-32(26,27)17-9-6-15(24)7-10-17/h3-13H,1-2H3. The zero-order chi connectivity index (χ0) is 22.9. The van der Waals surface area contributed by atoms with Gasteiger partial charge in [-0.2, -0.15) is 8.42 Å². The van der Waals surface area contributed by atoms with Crippen LogP contribution >= 0.6 is 0 Å². The van der Waals surface area contributed by atoms with Crippen molar-refractivity contribution in [3.05, 3.63) is 83.4 Å². The van der Waals surface area contributed by atoms with Gasteiger partial charge in [-0.05, 0) is 48.5 Å². The van der Waals surface area contributed by atoms with Gasteiger partial charge in [0, 0.05) is 11.6 Å². The van der Waals surface area contributed by atoms with Gasteiger partial charge in [0.25, 0.3) is 0 Å². The predicted molar refractivity (Wildman–Crippen MR) is 113 cm³/mol. The van der Waals surface area contributed by atoms with E-state index in [4.69, 9.17) is 18.4 Å². The second-order valence-corrected chi connectivity index (χ2v) is 8.22. The van der Waals surface area contributed by atoms with Gasteiger partial charge in [0.2, 0.25) is 5.78 Å². The SMILES string of the molecule is COc1cccc(C=C2Oc3cc(OS(=O)(=O)c4ccc(F)cc4)ccc3C2=O)c1OC. The van der Waals surface area contributed by atoms with E-state index in [2.05, 4.69) is 0 Å². The third-order valence-electron chi connectivity index (χ3n) is 4.67. The number of carbonyl (C=O) groups excluding carboxylic acids is 1. The molecule has 0 atom stereocenters. The topological polar surface area (TPSA) is 88.1 Å². The van der Waals surface area contributed by atoms with Crippen molar-refractivity contribution in [3.8, 4) is 23.0 Å². The quantitative estimate of drug-likeness (QED) is 0.405. The van der Waals surface area contributed by atoms with E-state index in [1.165, 1.54) is 38.5 Å². The predicted octanol–water partition coefficient (Wildman–Crippen LogP) is 4.23. The Morgan fingerprint density at radius 1 is 0.969 bits per heavy atom. The summed E-state index contributed by atoms with van der Waals surface area (Å²) in [4.78, 5) is 12.5. The number of ketones is 1. The van der Waals surface area contributed by atoms with Gasteiger partial charge in [0.05, 0.1) is 19.8 Å². The molecule has 164 valence electrons. The number of halogens is 1. The molecule has 0 unspecified atom stereocenters. The van der Waals surface area contributed by atoms with E-state index in [-0.39, 0.29) is 33.5 Å². The molecular formula is C23H17FO7S. The average Bonchev–Trinajstić information content (AvgIpc) is 3.08. The van der Waals surface area contributed by atoms with Crippen LogP contribution in [0.1, 0.15) is 15.9 Å². The first-order valence-electron chi connectivity index (χ1n) is 9.32. The van der Waals surface area contributed by atoms with Crippen molar-refractivity contribution in [2.24, 2.45) is 0 Å². The van der Waals surface area contributed by atoms with Gasteiger partial charge >= 0.3 is 10.1 Å². The summed E-state index contributed by atoms with van der Waals surface area (Å²) in [6.07, 6.45) is 1.51. The van der Waals surface area contributed by atoms with Crippen molar-refractivity contribution >= 4 is 22.0 Å². The zero-order valence-electron chi connectivity index (χ0n) is 17.0. The lowest BCUT2D eigenvalue weighted by molar-refractivity contribution is 0.101. The number of para-hydroxylation sites is 1. The molecule has 0 spiro atoms. The largest absolute Gasteiger partial charge is 0.493 e. The van der Waals surface area contributed by atoms with Crippen LogP contribution < -0.4 is 18.4 Å². The Kier molecular flexibility index (Phi) is 5.58. The van der Waals surface area contributed by atoms with Gasteiger partial charge in [0.15, 0.2) is 17.3 Å². The average molecular weight is 456 g/mol. The molecule has 3 aromatic carbocycles. The lowest BCUT2D eigenvalue weighted by Gasteiger charge is -2.10. The van der Waals surface area contributed by atoms with E-state index in [0.717, 1.165) is 24.3 Å². The number of fused-ring (bicyclic) bond motifs is 1. The Balaban J connectivity index is 1.62. The molecule has 0 N–H and O–H groups in total. The molecule has 1 aliphatic rings. The summed E-state index contributed by atoms with van der Waals surface area (Å²) in [6.45, 7) is 0. The maximum absolute atomic E-state index is 13.1. The Morgan fingerprint density at radius 2 is 1.72 bits per heavy atom. The van der Waals surface area contributed by atoms with Crippen LogP contribution in [0.15, 0.2) is 71.3 Å². The van der Waals surface area contributed by atoms with Gasteiger partial charge in [-0.15, -0.1) is 0 Å². The summed E-state index contributed by atoms with van der Waals surface area (Å²) >= 11 is 0. The maximum atomic E-state index is 13.1. The van der Waals surface area contributed by atoms with Crippen LogP contribution in [-0.2, 0) is 10.1 Å². The molecule has 0 bridgehead atoms. The van der Waals surface area contributed by atoms with Gasteiger partial charge in [-0.3, -0.25) is 4.79 Å². The molecule has 0 aliphatic carbocycles. The van der Waals surface area contributed by atoms with Crippen molar-refractivity contribution in [2.75, 3.05) is 14.2 Å². The number of rotatable bonds is 6.